The number of rotatable bonds is 7. The van der Waals surface area contributed by atoms with E-state index in [-0.39, 0.29) is 18.8 Å². The predicted molar refractivity (Wildman–Crippen MR) is 162 cm³/mol. The minimum atomic E-state index is -1.90. The molecule has 212 valence electrons. The number of Topliss-reactive ketones (excluding diaryl/α,β-unsaturated/α-hetero) is 1. The Morgan fingerprint density at radius 2 is 1.38 bits per heavy atom. The number of ether oxygens (including phenoxy) is 1. The summed E-state index contributed by atoms with van der Waals surface area (Å²) in [5.74, 6) is -4.37. The lowest BCUT2D eigenvalue weighted by Crippen LogP contribution is -2.59. The van der Waals surface area contributed by atoms with Crippen LogP contribution in [0.5, 0.6) is 0 Å². The fourth-order valence-corrected chi connectivity index (χ4v) is 6.70. The Hall–Kier alpha value is -3.95. The maximum absolute atomic E-state index is 14.6. The Morgan fingerprint density at radius 1 is 0.857 bits per heavy atom. The molecule has 1 N–H and O–H groups in total. The number of ketones is 1. The van der Waals surface area contributed by atoms with E-state index < -0.39 is 34.7 Å². The highest BCUT2D eigenvalue weighted by Crippen LogP contribution is 2.63. The number of hydrogen-bond donors (Lipinski definition) is 1. The molecule has 5 rings (SSSR count). The van der Waals surface area contributed by atoms with Crippen molar-refractivity contribution in [3.63, 3.8) is 0 Å². The molecule has 0 saturated heterocycles. The number of nitrogens with zero attached hydrogens (tertiary/aromatic N) is 1. The second kappa shape index (κ2) is 12.1. The lowest BCUT2D eigenvalue weighted by Gasteiger charge is -2.54. The zero-order valence-electron chi connectivity index (χ0n) is 22.9. The quantitative estimate of drug-likeness (QED) is 0.174. The molecule has 1 fully saturated rings. The van der Waals surface area contributed by atoms with E-state index in [1.165, 1.54) is 0 Å². The third-order valence-electron chi connectivity index (χ3n) is 8.32. The van der Waals surface area contributed by atoms with Gasteiger partial charge in [-0.15, -0.1) is 0 Å². The van der Waals surface area contributed by atoms with Gasteiger partial charge in [-0.25, -0.2) is 0 Å². The fraction of sp³-hybridized carbons (Fsp3) is 0.229. The van der Waals surface area contributed by atoms with Gasteiger partial charge in [0.1, 0.15) is 5.60 Å². The monoisotopic (exact) mass is 597 g/mol. The first-order valence-corrected chi connectivity index (χ1v) is 14.5. The number of aliphatic hydroxyl groups is 1. The molecule has 4 aromatic carbocycles. The zero-order chi connectivity index (χ0) is 29.9. The summed E-state index contributed by atoms with van der Waals surface area (Å²) in [4.78, 5) is 28.9. The molecule has 0 amide bonds. The highest BCUT2D eigenvalue weighted by atomic mass is 35.5. The van der Waals surface area contributed by atoms with Gasteiger partial charge in [0.15, 0.2) is 11.2 Å². The van der Waals surface area contributed by atoms with Gasteiger partial charge >= 0.3 is 5.97 Å². The molecule has 0 aliphatic heterocycles. The number of benzene rings is 4. The van der Waals surface area contributed by atoms with Gasteiger partial charge in [0.25, 0.3) is 0 Å². The number of carbonyl (C=O) groups excluding carboxylic acids is 2. The van der Waals surface area contributed by atoms with Crippen molar-refractivity contribution in [2.75, 3.05) is 6.61 Å². The van der Waals surface area contributed by atoms with Gasteiger partial charge in [0.05, 0.1) is 18.6 Å². The van der Waals surface area contributed by atoms with Crippen LogP contribution < -0.4 is 0 Å². The van der Waals surface area contributed by atoms with Crippen molar-refractivity contribution < 1.29 is 19.4 Å². The van der Waals surface area contributed by atoms with Crippen LogP contribution in [0.3, 0.4) is 0 Å². The first-order chi connectivity index (χ1) is 20.3. The second-order valence-electron chi connectivity index (χ2n) is 10.5. The summed E-state index contributed by atoms with van der Waals surface area (Å²) >= 11 is 12.5. The van der Waals surface area contributed by atoms with Crippen molar-refractivity contribution in [1.29, 1.82) is 5.26 Å². The molecule has 0 radical (unpaired) electrons. The van der Waals surface area contributed by atoms with E-state index in [1.807, 2.05) is 6.07 Å². The standard InChI is InChI=1S/C35H29Cl2NO4/c1-2-42-33(40)34(22-38)29(23-13-17-27(36)18-14-23)21-35(41,26-11-7-4-8-12-26)31(32(39)25-9-5-3-6-10-25)30(34)24-15-19-28(37)20-16-24/h3-20,29-31,41H,2,21H2,1H3/t29-,30+,31+,34+,35+/m1/s1. The first kappa shape index (κ1) is 29.5. The van der Waals surface area contributed by atoms with Gasteiger partial charge in [-0.1, -0.05) is 108 Å². The molecule has 0 unspecified atom stereocenters. The molecule has 0 aromatic heterocycles. The summed E-state index contributed by atoms with van der Waals surface area (Å²) in [5, 5.41) is 25.0. The van der Waals surface area contributed by atoms with Crippen molar-refractivity contribution in [2.45, 2.75) is 30.8 Å². The molecule has 7 heteroatoms. The van der Waals surface area contributed by atoms with Gasteiger partial charge in [0.2, 0.25) is 0 Å². The Kier molecular flexibility index (Phi) is 8.52. The van der Waals surface area contributed by atoms with Crippen LogP contribution >= 0.6 is 23.2 Å². The smallest absolute Gasteiger partial charge is 0.327 e. The average molecular weight is 599 g/mol. The largest absolute Gasteiger partial charge is 0.465 e. The predicted octanol–water partition coefficient (Wildman–Crippen LogP) is 7.72. The summed E-state index contributed by atoms with van der Waals surface area (Å²) in [6.45, 7) is 1.70. The zero-order valence-corrected chi connectivity index (χ0v) is 24.4. The summed E-state index contributed by atoms with van der Waals surface area (Å²) in [5.41, 5.74) is -1.68. The molecule has 42 heavy (non-hydrogen) atoms. The molecule has 0 heterocycles. The molecule has 0 bridgehead atoms. The van der Waals surface area contributed by atoms with Crippen molar-refractivity contribution in [2.24, 2.45) is 11.3 Å². The molecule has 4 aromatic rings. The first-order valence-electron chi connectivity index (χ1n) is 13.7. The van der Waals surface area contributed by atoms with Crippen LogP contribution in [0.2, 0.25) is 10.0 Å². The van der Waals surface area contributed by atoms with Gasteiger partial charge in [-0.3, -0.25) is 9.59 Å². The molecule has 1 aliphatic carbocycles. The molecular weight excluding hydrogens is 569 g/mol. The number of halogens is 2. The van der Waals surface area contributed by atoms with Crippen LogP contribution in [0.4, 0.5) is 0 Å². The molecule has 5 atom stereocenters. The van der Waals surface area contributed by atoms with Crippen LogP contribution in [0.1, 0.15) is 52.2 Å². The third-order valence-corrected chi connectivity index (χ3v) is 8.82. The van der Waals surface area contributed by atoms with Crippen LogP contribution in [0.25, 0.3) is 0 Å². The Bertz CT molecular complexity index is 1600. The molecule has 1 saturated carbocycles. The fourth-order valence-electron chi connectivity index (χ4n) is 6.44. The highest BCUT2D eigenvalue weighted by molar-refractivity contribution is 6.30. The van der Waals surface area contributed by atoms with E-state index in [1.54, 1.807) is 110 Å². The maximum atomic E-state index is 14.6. The van der Waals surface area contributed by atoms with Crippen LogP contribution in [0.15, 0.2) is 109 Å². The van der Waals surface area contributed by atoms with E-state index in [4.69, 9.17) is 27.9 Å². The second-order valence-corrected chi connectivity index (χ2v) is 11.4. The lowest BCUT2D eigenvalue weighted by molar-refractivity contribution is -0.164. The minimum Gasteiger partial charge on any atom is -0.465 e. The Balaban J connectivity index is 1.89. The number of nitriles is 1. The number of esters is 1. The molecule has 5 nitrogen and oxygen atoms in total. The third kappa shape index (κ3) is 5.12. The highest BCUT2D eigenvalue weighted by Gasteiger charge is 2.67. The van der Waals surface area contributed by atoms with Crippen molar-refractivity contribution in [3.8, 4) is 6.07 Å². The van der Waals surface area contributed by atoms with Crippen LogP contribution in [-0.2, 0) is 15.1 Å². The van der Waals surface area contributed by atoms with Crippen LogP contribution in [0, 0.1) is 22.7 Å². The van der Waals surface area contributed by atoms with E-state index in [2.05, 4.69) is 6.07 Å². The lowest BCUT2D eigenvalue weighted by atomic mass is 9.47. The van der Waals surface area contributed by atoms with Gasteiger partial charge in [-0.2, -0.15) is 5.26 Å². The minimum absolute atomic E-state index is 0.0309. The normalized spacial score (nSPS) is 25.3. The number of carbonyl (C=O) groups is 2. The summed E-state index contributed by atoms with van der Waals surface area (Å²) in [6, 6.07) is 33.5. The van der Waals surface area contributed by atoms with Crippen molar-refractivity contribution in [1.82, 2.24) is 0 Å². The Labute approximate surface area is 255 Å². The van der Waals surface area contributed by atoms with E-state index in [0.29, 0.717) is 32.3 Å². The SMILES string of the molecule is CCOC(=O)[C@@]1(C#N)[C@@H](c2ccc(Cl)cc2)C[C@](O)(c2ccccc2)[C@H](C(=O)c2ccccc2)[C@@H]1c1ccc(Cl)cc1. The van der Waals surface area contributed by atoms with E-state index in [9.17, 15) is 20.0 Å². The van der Waals surface area contributed by atoms with Crippen molar-refractivity contribution in [3.05, 3.63) is 141 Å². The van der Waals surface area contributed by atoms with Crippen LogP contribution in [-0.4, -0.2) is 23.5 Å². The maximum Gasteiger partial charge on any atom is 0.327 e. The topological polar surface area (TPSA) is 87.4 Å². The van der Waals surface area contributed by atoms with Gasteiger partial charge in [0, 0.05) is 27.4 Å². The summed E-state index contributed by atoms with van der Waals surface area (Å²) in [6.07, 6.45) is -0.0989. The molecular formula is C35H29Cl2NO4. The van der Waals surface area contributed by atoms with E-state index in [0.717, 1.165) is 0 Å². The molecule has 1 aliphatic rings. The number of hydrogen-bond acceptors (Lipinski definition) is 5. The summed E-state index contributed by atoms with van der Waals surface area (Å²) < 4.78 is 5.63. The summed E-state index contributed by atoms with van der Waals surface area (Å²) in [7, 11) is 0. The van der Waals surface area contributed by atoms with E-state index >= 15 is 0 Å². The molecule has 0 spiro atoms. The van der Waals surface area contributed by atoms with Gasteiger partial charge < -0.3 is 9.84 Å². The van der Waals surface area contributed by atoms with Gasteiger partial charge in [-0.05, 0) is 54.3 Å². The van der Waals surface area contributed by atoms with Crippen molar-refractivity contribution >= 4 is 35.0 Å². The average Bonchev–Trinajstić information content (AvgIpc) is 3.02. The Morgan fingerprint density at radius 3 is 1.90 bits per heavy atom.